The predicted octanol–water partition coefficient (Wildman–Crippen LogP) is 2.02. The molecule has 0 saturated carbocycles. The van der Waals surface area contributed by atoms with Gasteiger partial charge < -0.3 is 20.3 Å². The molecule has 2 N–H and O–H groups in total. The van der Waals surface area contributed by atoms with E-state index in [1.807, 2.05) is 0 Å². The van der Waals surface area contributed by atoms with E-state index < -0.39 is 23.8 Å². The number of rotatable bonds is 6. The molecule has 0 aromatic carbocycles. The van der Waals surface area contributed by atoms with Crippen molar-refractivity contribution in [3.8, 4) is 0 Å². The number of aromatic nitrogens is 1. The van der Waals surface area contributed by atoms with Gasteiger partial charge in [0.1, 0.15) is 25.0 Å². The molecule has 1 aromatic rings. The summed E-state index contributed by atoms with van der Waals surface area (Å²) in [6.07, 6.45) is -3.10. The number of alkyl halides is 3. The van der Waals surface area contributed by atoms with Crippen LogP contribution < -0.4 is 10.6 Å². The molecule has 0 bridgehead atoms. The standard InChI is InChI=1S/C13H13ClF3N5O3/c1-24-21-6-20-12(23)10-3-8(25-22-10)5-19-11-9(14)2-7(4-18-11)13(15,16)17/h2,4,6,8H,3,5H2,1H3,(H,18,19)(H,20,21,23)/t8-/m0/s1. The van der Waals surface area contributed by atoms with Crippen LogP contribution in [-0.4, -0.2) is 42.7 Å². The zero-order valence-electron chi connectivity index (χ0n) is 12.8. The zero-order valence-corrected chi connectivity index (χ0v) is 13.6. The lowest BCUT2D eigenvalue weighted by Crippen LogP contribution is -2.31. The first-order valence-electron chi connectivity index (χ1n) is 6.86. The van der Waals surface area contributed by atoms with E-state index in [4.69, 9.17) is 16.4 Å². The predicted molar refractivity (Wildman–Crippen MR) is 83.3 cm³/mol. The molecule has 2 rings (SSSR count). The Labute approximate surface area is 145 Å². The lowest BCUT2D eigenvalue weighted by molar-refractivity contribution is -0.137. The molecule has 0 spiro atoms. The summed E-state index contributed by atoms with van der Waals surface area (Å²) < 4.78 is 37.7. The van der Waals surface area contributed by atoms with Crippen molar-refractivity contribution in [1.29, 1.82) is 0 Å². The van der Waals surface area contributed by atoms with Crippen LogP contribution in [0.3, 0.4) is 0 Å². The summed E-state index contributed by atoms with van der Waals surface area (Å²) >= 11 is 5.79. The van der Waals surface area contributed by atoms with Crippen LogP contribution in [0.25, 0.3) is 0 Å². The van der Waals surface area contributed by atoms with Crippen LogP contribution >= 0.6 is 11.6 Å². The van der Waals surface area contributed by atoms with E-state index >= 15 is 0 Å². The van der Waals surface area contributed by atoms with E-state index in [2.05, 4.69) is 30.8 Å². The maximum Gasteiger partial charge on any atom is 0.417 e. The first-order chi connectivity index (χ1) is 11.8. The fourth-order valence-corrected chi connectivity index (χ4v) is 2.06. The normalized spacial score (nSPS) is 17.2. The Bertz CT molecular complexity index is 696. The van der Waals surface area contributed by atoms with E-state index in [9.17, 15) is 18.0 Å². The highest BCUT2D eigenvalue weighted by atomic mass is 35.5. The fourth-order valence-electron chi connectivity index (χ4n) is 1.83. The third-order valence-electron chi connectivity index (χ3n) is 3.01. The summed E-state index contributed by atoms with van der Waals surface area (Å²) in [5.41, 5.74) is -0.805. The first-order valence-corrected chi connectivity index (χ1v) is 7.24. The molecule has 1 aromatic heterocycles. The van der Waals surface area contributed by atoms with E-state index in [1.54, 1.807) is 0 Å². The third kappa shape index (κ3) is 5.21. The van der Waals surface area contributed by atoms with Crippen LogP contribution in [-0.2, 0) is 20.6 Å². The second-order valence-corrected chi connectivity index (χ2v) is 5.20. The zero-order chi connectivity index (χ0) is 18.4. The summed E-state index contributed by atoms with van der Waals surface area (Å²) in [5.74, 6) is -0.433. The number of anilines is 1. The highest BCUT2D eigenvalue weighted by Crippen LogP contribution is 2.32. The van der Waals surface area contributed by atoms with Crippen LogP contribution in [0.2, 0.25) is 5.02 Å². The number of halogens is 4. The Balaban J connectivity index is 1.85. The van der Waals surface area contributed by atoms with E-state index in [0.717, 1.165) is 12.4 Å². The quantitative estimate of drug-likeness (QED) is 0.448. The van der Waals surface area contributed by atoms with Gasteiger partial charge in [0.15, 0.2) is 6.10 Å². The maximum absolute atomic E-state index is 12.6. The summed E-state index contributed by atoms with van der Waals surface area (Å²) in [5, 5.41) is 11.9. The molecular weight excluding hydrogens is 367 g/mol. The molecule has 12 heteroatoms. The number of pyridine rings is 1. The molecule has 1 atom stereocenters. The van der Waals surface area contributed by atoms with Gasteiger partial charge in [-0.05, 0) is 6.07 Å². The van der Waals surface area contributed by atoms with Crippen LogP contribution in [0.1, 0.15) is 12.0 Å². The van der Waals surface area contributed by atoms with Gasteiger partial charge in [-0.25, -0.2) is 4.98 Å². The Morgan fingerprint density at radius 3 is 3.00 bits per heavy atom. The van der Waals surface area contributed by atoms with Gasteiger partial charge in [0.25, 0.3) is 5.91 Å². The molecule has 0 radical (unpaired) electrons. The van der Waals surface area contributed by atoms with Crippen molar-refractivity contribution < 1.29 is 27.6 Å². The Morgan fingerprint density at radius 2 is 2.36 bits per heavy atom. The number of oxime groups is 2. The maximum atomic E-state index is 12.6. The summed E-state index contributed by atoms with van der Waals surface area (Å²) in [7, 11) is 1.32. The summed E-state index contributed by atoms with van der Waals surface area (Å²) in [6, 6.07) is 0.775. The van der Waals surface area contributed by atoms with Crippen molar-refractivity contribution in [2.45, 2.75) is 18.7 Å². The summed E-state index contributed by atoms with van der Waals surface area (Å²) in [4.78, 5) is 24.8. The molecule has 1 amide bonds. The van der Waals surface area contributed by atoms with Crippen molar-refractivity contribution in [1.82, 2.24) is 10.3 Å². The minimum Gasteiger partial charge on any atom is -0.398 e. The van der Waals surface area contributed by atoms with Gasteiger partial charge in [0, 0.05) is 12.6 Å². The summed E-state index contributed by atoms with van der Waals surface area (Å²) in [6.45, 7) is 0.143. The Morgan fingerprint density at radius 1 is 1.60 bits per heavy atom. The molecule has 0 fully saturated rings. The molecule has 0 aliphatic carbocycles. The minimum absolute atomic E-state index is 0.0726. The number of hydrogen-bond donors (Lipinski definition) is 2. The van der Waals surface area contributed by atoms with Crippen molar-refractivity contribution in [3.05, 3.63) is 22.8 Å². The number of nitrogens with zero attached hydrogens (tertiary/aromatic N) is 3. The minimum atomic E-state index is -4.52. The van der Waals surface area contributed by atoms with Gasteiger partial charge in [-0.1, -0.05) is 21.9 Å². The Kier molecular flexibility index (Phi) is 6.02. The molecule has 2 heterocycles. The molecule has 136 valence electrons. The number of hydrogen-bond acceptors (Lipinski definition) is 7. The second-order valence-electron chi connectivity index (χ2n) is 4.79. The lowest BCUT2D eigenvalue weighted by atomic mass is 10.1. The Hall–Kier alpha value is -2.56. The van der Waals surface area contributed by atoms with E-state index in [1.165, 1.54) is 7.11 Å². The van der Waals surface area contributed by atoms with Gasteiger partial charge in [0.05, 0.1) is 17.1 Å². The van der Waals surface area contributed by atoms with Crippen LogP contribution in [0.15, 0.2) is 22.6 Å². The lowest BCUT2D eigenvalue weighted by Gasteiger charge is -2.13. The number of amides is 1. The average Bonchev–Trinajstić information content (AvgIpc) is 3.02. The molecule has 25 heavy (non-hydrogen) atoms. The van der Waals surface area contributed by atoms with Gasteiger partial charge in [-0.2, -0.15) is 13.2 Å². The SMILES string of the molecule is CO/N=C\NC(=O)C1=NO[C@H](CNc2ncc(C(F)(F)F)cc2Cl)C1. The molecular formula is C13H13ClF3N5O3. The number of nitrogens with one attached hydrogen (secondary N) is 2. The fraction of sp³-hybridized carbons (Fsp3) is 0.385. The largest absolute Gasteiger partial charge is 0.417 e. The smallest absolute Gasteiger partial charge is 0.398 e. The third-order valence-corrected chi connectivity index (χ3v) is 3.30. The topological polar surface area (TPSA) is 97.2 Å². The van der Waals surface area contributed by atoms with Gasteiger partial charge in [0.2, 0.25) is 0 Å². The molecule has 1 aliphatic heterocycles. The number of carbonyl (C=O) groups is 1. The van der Waals surface area contributed by atoms with Crippen molar-refractivity contribution >= 4 is 35.4 Å². The van der Waals surface area contributed by atoms with Crippen molar-refractivity contribution in [2.75, 3.05) is 19.0 Å². The highest BCUT2D eigenvalue weighted by Gasteiger charge is 2.32. The van der Waals surface area contributed by atoms with Gasteiger partial charge in [-0.15, -0.1) is 0 Å². The average molecular weight is 380 g/mol. The molecule has 0 saturated heterocycles. The van der Waals surface area contributed by atoms with Gasteiger partial charge >= 0.3 is 6.18 Å². The monoisotopic (exact) mass is 379 g/mol. The van der Waals surface area contributed by atoms with Crippen LogP contribution in [0.4, 0.5) is 19.0 Å². The molecule has 8 nitrogen and oxygen atoms in total. The molecule has 1 aliphatic rings. The number of carbonyl (C=O) groups excluding carboxylic acids is 1. The second kappa shape index (κ2) is 8.01. The highest BCUT2D eigenvalue weighted by molar-refractivity contribution is 6.40. The van der Waals surface area contributed by atoms with E-state index in [0.29, 0.717) is 6.20 Å². The van der Waals surface area contributed by atoms with Crippen LogP contribution in [0.5, 0.6) is 0 Å². The van der Waals surface area contributed by atoms with Gasteiger partial charge in [-0.3, -0.25) is 4.79 Å². The van der Waals surface area contributed by atoms with E-state index in [-0.39, 0.29) is 29.5 Å². The molecule has 0 unspecified atom stereocenters. The van der Waals surface area contributed by atoms with Crippen molar-refractivity contribution in [3.63, 3.8) is 0 Å². The van der Waals surface area contributed by atoms with Crippen molar-refractivity contribution in [2.24, 2.45) is 10.3 Å². The van der Waals surface area contributed by atoms with Crippen LogP contribution in [0, 0.1) is 0 Å². The first kappa shape index (κ1) is 18.8.